The van der Waals surface area contributed by atoms with Crippen LogP contribution in [0.5, 0.6) is 5.75 Å². The first-order chi connectivity index (χ1) is 7.30. The largest absolute Gasteiger partial charge is 0.497 e. The average molecular weight is 224 g/mol. The molecule has 0 amide bonds. The number of methoxy groups -OCH3 is 1. The van der Waals surface area contributed by atoms with E-state index >= 15 is 0 Å². The predicted octanol–water partition coefficient (Wildman–Crippen LogP) is 3.58. The van der Waals surface area contributed by atoms with Gasteiger partial charge in [0.1, 0.15) is 5.75 Å². The van der Waals surface area contributed by atoms with Crippen molar-refractivity contribution < 1.29 is 4.74 Å². The molecule has 0 saturated carbocycles. The van der Waals surface area contributed by atoms with Crippen molar-refractivity contribution in [2.24, 2.45) is 0 Å². The Morgan fingerprint density at radius 2 is 1.87 bits per heavy atom. The van der Waals surface area contributed by atoms with Crippen molar-refractivity contribution in [3.05, 3.63) is 24.3 Å². The molecule has 0 N–H and O–H groups in total. The van der Waals surface area contributed by atoms with Gasteiger partial charge in [0.2, 0.25) is 0 Å². The predicted molar refractivity (Wildman–Crippen MR) is 69.9 cm³/mol. The van der Waals surface area contributed by atoms with E-state index in [1.54, 1.807) is 7.11 Å². The summed E-state index contributed by atoms with van der Waals surface area (Å²) in [5.74, 6) is 0.951. The van der Waals surface area contributed by atoms with Crippen LogP contribution in [0.15, 0.2) is 24.3 Å². The zero-order chi connectivity index (χ0) is 11.1. The minimum atomic E-state index is 0.864. The topological polar surface area (TPSA) is 9.23 Å². The van der Waals surface area contributed by atoms with Crippen LogP contribution in [0.2, 0.25) is 0 Å². The van der Waals surface area contributed by atoms with Crippen LogP contribution in [0.4, 0.5) is 0 Å². The molecule has 1 rings (SSSR count). The van der Waals surface area contributed by atoms with Crippen LogP contribution in [0, 0.1) is 0 Å². The first-order valence-corrected chi connectivity index (χ1v) is 6.78. The zero-order valence-electron chi connectivity index (χ0n) is 9.92. The first kappa shape index (κ1) is 12.5. The molecule has 0 aromatic heterocycles. The van der Waals surface area contributed by atoms with E-state index in [1.807, 2.05) is 0 Å². The number of hydrogen-bond donors (Lipinski definition) is 0. The minimum Gasteiger partial charge on any atom is -0.497 e. The SMILES string of the molecule is CCC[C@H](CC)Pc1ccc(OC)cc1. The Morgan fingerprint density at radius 3 is 2.33 bits per heavy atom. The molecule has 0 aliphatic heterocycles. The molecule has 0 bridgehead atoms. The van der Waals surface area contributed by atoms with Crippen LogP contribution in [0.1, 0.15) is 33.1 Å². The van der Waals surface area contributed by atoms with E-state index in [-0.39, 0.29) is 0 Å². The van der Waals surface area contributed by atoms with Gasteiger partial charge in [0.15, 0.2) is 0 Å². The Balaban J connectivity index is 2.55. The highest BCUT2D eigenvalue weighted by Gasteiger charge is 2.05. The fraction of sp³-hybridized carbons (Fsp3) is 0.538. The third-order valence-corrected chi connectivity index (χ3v) is 4.36. The standard InChI is InChI=1S/C13H21OP/c1-4-6-12(5-2)15-13-9-7-11(14-3)8-10-13/h7-10,12,15H,4-6H2,1-3H3/t12-/m0/s1. The molecule has 0 fully saturated rings. The molecule has 0 aliphatic rings. The van der Waals surface area contributed by atoms with E-state index in [4.69, 9.17) is 4.74 Å². The van der Waals surface area contributed by atoms with E-state index < -0.39 is 0 Å². The lowest BCUT2D eigenvalue weighted by Crippen LogP contribution is -2.05. The lowest BCUT2D eigenvalue weighted by molar-refractivity contribution is 0.415. The van der Waals surface area contributed by atoms with Gasteiger partial charge in [-0.05, 0) is 35.9 Å². The highest BCUT2D eigenvalue weighted by Crippen LogP contribution is 2.26. The Bertz CT molecular complexity index is 268. The molecular weight excluding hydrogens is 203 g/mol. The minimum absolute atomic E-state index is 0.864. The third kappa shape index (κ3) is 4.22. The van der Waals surface area contributed by atoms with Gasteiger partial charge in [-0.25, -0.2) is 0 Å². The number of ether oxygens (including phenoxy) is 1. The van der Waals surface area contributed by atoms with E-state index in [0.29, 0.717) is 0 Å². The van der Waals surface area contributed by atoms with Crippen LogP contribution in [-0.4, -0.2) is 12.8 Å². The summed E-state index contributed by atoms with van der Waals surface area (Å²) in [6, 6.07) is 8.49. The van der Waals surface area contributed by atoms with Gasteiger partial charge < -0.3 is 4.74 Å². The highest BCUT2D eigenvalue weighted by atomic mass is 31.1. The van der Waals surface area contributed by atoms with Crippen LogP contribution in [0.25, 0.3) is 0 Å². The first-order valence-electron chi connectivity index (χ1n) is 5.70. The number of hydrogen-bond acceptors (Lipinski definition) is 1. The Morgan fingerprint density at radius 1 is 1.20 bits per heavy atom. The van der Waals surface area contributed by atoms with Gasteiger partial charge in [0.25, 0.3) is 0 Å². The second-order valence-electron chi connectivity index (χ2n) is 3.77. The second-order valence-corrected chi connectivity index (χ2v) is 5.45. The Hall–Kier alpha value is -0.550. The molecule has 0 radical (unpaired) electrons. The Kier molecular flexibility index (Phi) is 5.71. The molecule has 1 aromatic carbocycles. The summed E-state index contributed by atoms with van der Waals surface area (Å²) in [4.78, 5) is 0. The summed E-state index contributed by atoms with van der Waals surface area (Å²) in [5.41, 5.74) is 0.864. The van der Waals surface area contributed by atoms with Gasteiger partial charge >= 0.3 is 0 Å². The maximum atomic E-state index is 5.15. The smallest absolute Gasteiger partial charge is 0.118 e. The molecule has 1 nitrogen and oxygen atoms in total. The maximum Gasteiger partial charge on any atom is 0.118 e. The van der Waals surface area contributed by atoms with Gasteiger partial charge in [-0.1, -0.05) is 41.0 Å². The quantitative estimate of drug-likeness (QED) is 0.671. The van der Waals surface area contributed by atoms with E-state index in [1.165, 1.54) is 24.6 Å². The normalized spacial score (nSPS) is 13.3. The van der Waals surface area contributed by atoms with Crippen molar-refractivity contribution in [1.82, 2.24) is 0 Å². The van der Waals surface area contributed by atoms with Gasteiger partial charge in [0, 0.05) is 0 Å². The monoisotopic (exact) mass is 224 g/mol. The molecule has 0 aliphatic carbocycles. The summed E-state index contributed by atoms with van der Waals surface area (Å²) in [6.45, 7) is 4.55. The fourth-order valence-corrected chi connectivity index (χ4v) is 3.12. The van der Waals surface area contributed by atoms with Crippen molar-refractivity contribution in [1.29, 1.82) is 0 Å². The molecule has 2 atom stereocenters. The zero-order valence-corrected chi connectivity index (χ0v) is 10.9. The number of rotatable bonds is 6. The van der Waals surface area contributed by atoms with Crippen LogP contribution < -0.4 is 10.0 Å². The molecule has 0 heterocycles. The lowest BCUT2D eigenvalue weighted by atomic mass is 10.2. The van der Waals surface area contributed by atoms with Crippen molar-refractivity contribution in [2.45, 2.75) is 38.8 Å². The maximum absolute atomic E-state index is 5.15. The van der Waals surface area contributed by atoms with E-state index in [0.717, 1.165) is 20.0 Å². The number of benzene rings is 1. The average Bonchev–Trinajstić information content (AvgIpc) is 2.29. The van der Waals surface area contributed by atoms with E-state index in [2.05, 4.69) is 38.1 Å². The molecule has 0 spiro atoms. The third-order valence-electron chi connectivity index (χ3n) is 2.59. The van der Waals surface area contributed by atoms with Crippen LogP contribution in [0.3, 0.4) is 0 Å². The molecule has 84 valence electrons. The molecule has 2 heteroatoms. The second kappa shape index (κ2) is 6.85. The molecule has 15 heavy (non-hydrogen) atoms. The lowest BCUT2D eigenvalue weighted by Gasteiger charge is -2.13. The summed E-state index contributed by atoms with van der Waals surface area (Å²) >= 11 is 0. The van der Waals surface area contributed by atoms with Crippen molar-refractivity contribution >= 4 is 13.9 Å². The van der Waals surface area contributed by atoms with Crippen molar-refractivity contribution in [3.8, 4) is 5.75 Å². The fourth-order valence-electron chi connectivity index (χ4n) is 1.65. The van der Waals surface area contributed by atoms with Crippen LogP contribution >= 0.6 is 8.58 Å². The summed E-state index contributed by atoms with van der Waals surface area (Å²) in [6.07, 6.45) is 3.93. The summed E-state index contributed by atoms with van der Waals surface area (Å²) in [5, 5.41) is 1.45. The summed E-state index contributed by atoms with van der Waals surface area (Å²) < 4.78 is 5.15. The van der Waals surface area contributed by atoms with Gasteiger partial charge in [-0.15, -0.1) is 0 Å². The van der Waals surface area contributed by atoms with Crippen LogP contribution in [-0.2, 0) is 0 Å². The van der Waals surface area contributed by atoms with Crippen molar-refractivity contribution in [3.63, 3.8) is 0 Å². The molecule has 1 aromatic rings. The molecular formula is C13H21OP. The van der Waals surface area contributed by atoms with Gasteiger partial charge in [-0.2, -0.15) is 0 Å². The molecule has 0 saturated heterocycles. The van der Waals surface area contributed by atoms with E-state index in [9.17, 15) is 0 Å². The molecule has 1 unspecified atom stereocenters. The van der Waals surface area contributed by atoms with Gasteiger partial charge in [0.05, 0.1) is 7.11 Å². The highest BCUT2D eigenvalue weighted by molar-refractivity contribution is 7.48. The van der Waals surface area contributed by atoms with Crippen molar-refractivity contribution in [2.75, 3.05) is 7.11 Å². The van der Waals surface area contributed by atoms with Gasteiger partial charge in [-0.3, -0.25) is 0 Å². The summed E-state index contributed by atoms with van der Waals surface area (Å²) in [7, 11) is 2.66. The Labute approximate surface area is 95.0 Å².